The zero-order valence-corrected chi connectivity index (χ0v) is 49.2. The van der Waals surface area contributed by atoms with E-state index in [-0.39, 0.29) is 12.6 Å². The van der Waals surface area contributed by atoms with E-state index in [0.717, 1.165) is 61.0 Å². The number of aromatic nitrogens is 2. The average Bonchev–Trinajstić information content (AvgIpc) is 3.50. The second-order valence-electron chi connectivity index (χ2n) is 20.0. The molecule has 0 spiro atoms. The standard InChI is InChI=1S/C33H36N4O5.C27H24ClN3O4.C6H13NO/c1-39-29-9-3-4-10-30(29)42-26-13-11-24(12-14-26)36-33-23(20-34)21-35-28-19-32(31(40-2)18-27(28)33)41-17-7-16-37-15-6-5-8-25(37)22-38;1-32-23-6-3-4-7-24(23)35-20-10-8-19(9-11-20)31-27-18(16-29)17-30-22-15-26(34-13-5-12-28)25(33-2)14-21(22)27;8-5-6-3-1-2-4-7-6/h3-4,9-14,18-19,21,25,38H,5-8,15-17,22H2,1-2H3,(H,35,36);3-4,6-11,14-15,17H,5,12-13H2,1-2H3,(H,30,31);6-8H,1-5H2. The number of nitrogens with one attached hydrogen (secondary N) is 3. The summed E-state index contributed by atoms with van der Waals surface area (Å²) in [6.45, 7) is 4.47. The number of ether oxygens (including phenoxy) is 8. The van der Waals surface area contributed by atoms with Crippen molar-refractivity contribution in [3.8, 4) is 69.6 Å². The molecule has 0 bridgehead atoms. The van der Waals surface area contributed by atoms with Gasteiger partial charge in [-0.15, -0.1) is 11.6 Å². The van der Waals surface area contributed by atoms with Gasteiger partial charge < -0.3 is 64.1 Å². The van der Waals surface area contributed by atoms with Crippen LogP contribution in [0.1, 0.15) is 62.5 Å². The Morgan fingerprint density at radius 2 is 1.06 bits per heavy atom. The van der Waals surface area contributed by atoms with Gasteiger partial charge in [0.1, 0.15) is 23.6 Å². The van der Waals surface area contributed by atoms with Crippen LogP contribution in [0.4, 0.5) is 22.7 Å². The van der Waals surface area contributed by atoms with Crippen LogP contribution in [-0.4, -0.2) is 118 Å². The summed E-state index contributed by atoms with van der Waals surface area (Å²) in [6.07, 6.45) is 11.7. The molecule has 0 aliphatic carbocycles. The third kappa shape index (κ3) is 17.0. The van der Waals surface area contributed by atoms with E-state index in [1.165, 1.54) is 25.7 Å². The second-order valence-corrected chi connectivity index (χ2v) is 20.3. The number of pyridine rings is 2. The van der Waals surface area contributed by atoms with Gasteiger partial charge in [0.25, 0.3) is 0 Å². The number of alkyl halides is 1. The normalized spacial score (nSPS) is 14.6. The number of nitriles is 2. The Labute approximate surface area is 501 Å². The van der Waals surface area contributed by atoms with Gasteiger partial charge in [-0.05, 0) is 137 Å². The van der Waals surface area contributed by atoms with Crippen LogP contribution in [0.3, 0.4) is 0 Å². The van der Waals surface area contributed by atoms with Crippen molar-refractivity contribution in [3.63, 3.8) is 0 Å². The maximum Gasteiger partial charge on any atom is 0.169 e. The maximum atomic E-state index is 9.84. The number of hydrogen-bond acceptors (Lipinski definition) is 18. The van der Waals surface area contributed by atoms with E-state index >= 15 is 0 Å². The molecule has 18 nitrogen and oxygen atoms in total. The molecular weight excluding hydrogens is 1100 g/mol. The molecule has 0 saturated carbocycles. The van der Waals surface area contributed by atoms with Crippen LogP contribution >= 0.6 is 11.6 Å². The fourth-order valence-electron chi connectivity index (χ4n) is 9.87. The minimum atomic E-state index is 0.201. The highest BCUT2D eigenvalue weighted by molar-refractivity contribution is 6.17. The number of halogens is 1. The van der Waals surface area contributed by atoms with E-state index in [2.05, 4.69) is 43.0 Å². The number of likely N-dealkylation sites (tertiary alicyclic amines) is 1. The first-order valence-corrected chi connectivity index (χ1v) is 28.9. The highest BCUT2D eigenvalue weighted by Gasteiger charge is 2.22. The fraction of sp³-hybridized carbons (Fsp3) is 0.333. The summed E-state index contributed by atoms with van der Waals surface area (Å²) < 4.78 is 45.8. The molecule has 10 rings (SSSR count). The number of piperidine rings is 2. The van der Waals surface area contributed by atoms with E-state index in [1.807, 2.05) is 115 Å². The first-order valence-electron chi connectivity index (χ1n) is 28.4. The number of fused-ring (bicyclic) bond motifs is 2. The van der Waals surface area contributed by atoms with Crippen molar-refractivity contribution >= 4 is 56.2 Å². The van der Waals surface area contributed by atoms with Crippen LogP contribution in [-0.2, 0) is 0 Å². The molecule has 85 heavy (non-hydrogen) atoms. The van der Waals surface area contributed by atoms with Crippen LogP contribution in [0.25, 0.3) is 21.8 Å². The Balaban J connectivity index is 0.000000198. The Morgan fingerprint density at radius 1 is 0.576 bits per heavy atom. The highest BCUT2D eigenvalue weighted by atomic mass is 35.5. The Morgan fingerprint density at radius 3 is 1.48 bits per heavy atom. The number of para-hydroxylation sites is 4. The molecule has 6 aromatic carbocycles. The molecule has 8 aromatic rings. The third-order valence-electron chi connectivity index (χ3n) is 14.4. The van der Waals surface area contributed by atoms with E-state index in [0.29, 0.717) is 129 Å². The molecular formula is C66H73ClN8O10. The first-order chi connectivity index (χ1) is 41.7. The number of aliphatic hydroxyl groups excluding tert-OH is 2. The van der Waals surface area contributed by atoms with Gasteiger partial charge >= 0.3 is 0 Å². The predicted molar refractivity (Wildman–Crippen MR) is 332 cm³/mol. The molecule has 0 amide bonds. The number of nitrogens with zero attached hydrogens (tertiary/aromatic N) is 5. The summed E-state index contributed by atoms with van der Waals surface area (Å²) in [5.74, 6) is 6.65. The number of methoxy groups -OCH3 is 4. The molecule has 4 heterocycles. The van der Waals surface area contributed by atoms with Gasteiger partial charge in [-0.1, -0.05) is 37.1 Å². The van der Waals surface area contributed by atoms with Gasteiger partial charge in [0, 0.05) is 71.2 Å². The van der Waals surface area contributed by atoms with Crippen LogP contribution in [0, 0.1) is 22.7 Å². The predicted octanol–water partition coefficient (Wildman–Crippen LogP) is 13.1. The largest absolute Gasteiger partial charge is 0.493 e. The zero-order chi connectivity index (χ0) is 59.8. The lowest BCUT2D eigenvalue weighted by Gasteiger charge is -2.34. The minimum Gasteiger partial charge on any atom is -0.493 e. The molecule has 5 N–H and O–H groups in total. The van der Waals surface area contributed by atoms with Crippen molar-refractivity contribution in [1.29, 1.82) is 10.5 Å². The van der Waals surface area contributed by atoms with Gasteiger partial charge in [-0.3, -0.25) is 14.9 Å². The number of hydrogen-bond donors (Lipinski definition) is 5. The van der Waals surface area contributed by atoms with E-state index < -0.39 is 0 Å². The quantitative estimate of drug-likeness (QED) is 0.0296. The molecule has 0 radical (unpaired) electrons. The molecule has 2 aliphatic rings. The second kappa shape index (κ2) is 32.3. The summed E-state index contributed by atoms with van der Waals surface area (Å²) in [6, 6.07) is 42.2. The molecule has 444 valence electrons. The van der Waals surface area contributed by atoms with Gasteiger partial charge in [0.2, 0.25) is 0 Å². The van der Waals surface area contributed by atoms with Gasteiger partial charge in [0.05, 0.1) is 88.4 Å². The summed E-state index contributed by atoms with van der Waals surface area (Å²) in [5, 5.41) is 49.3. The molecule has 2 aromatic heterocycles. The minimum absolute atomic E-state index is 0.201. The van der Waals surface area contributed by atoms with Crippen molar-refractivity contribution in [2.75, 3.05) is 91.0 Å². The van der Waals surface area contributed by atoms with Crippen LogP contribution < -0.4 is 53.8 Å². The monoisotopic (exact) mass is 1170 g/mol. The molecule has 2 fully saturated rings. The van der Waals surface area contributed by atoms with Gasteiger partial charge in [-0.2, -0.15) is 10.5 Å². The molecule has 19 heteroatoms. The third-order valence-corrected chi connectivity index (χ3v) is 14.6. The van der Waals surface area contributed by atoms with Crippen molar-refractivity contribution in [2.24, 2.45) is 0 Å². The summed E-state index contributed by atoms with van der Waals surface area (Å²) in [7, 11) is 6.38. The van der Waals surface area contributed by atoms with Crippen molar-refractivity contribution in [2.45, 2.75) is 63.5 Å². The van der Waals surface area contributed by atoms with Gasteiger partial charge in [-0.25, -0.2) is 0 Å². The van der Waals surface area contributed by atoms with Crippen molar-refractivity contribution in [1.82, 2.24) is 20.2 Å². The Kier molecular flexibility index (Phi) is 23.7. The van der Waals surface area contributed by atoms with E-state index in [4.69, 9.17) is 54.6 Å². The van der Waals surface area contributed by atoms with E-state index in [1.54, 1.807) is 46.9 Å². The fourth-order valence-corrected chi connectivity index (χ4v) is 9.98. The van der Waals surface area contributed by atoms with Crippen LogP contribution in [0.2, 0.25) is 0 Å². The SMILES string of the molecule is COc1cc2c(Nc3ccc(Oc4ccccc4OC)cc3)c(C#N)cnc2cc1OCCCCl.COc1cc2c(Nc3ccc(Oc4ccccc4OC)cc3)c(C#N)cnc2cc1OCCCN1CCCCC1CO.OCC1CCCCN1. The number of benzene rings is 6. The topological polar surface area (TPSA) is 227 Å². The number of aliphatic hydroxyl groups is 2. The highest BCUT2D eigenvalue weighted by Crippen LogP contribution is 2.40. The Bertz CT molecular complexity index is 3500. The summed E-state index contributed by atoms with van der Waals surface area (Å²) in [4.78, 5) is 11.3. The molecule has 2 aliphatic heterocycles. The smallest absolute Gasteiger partial charge is 0.169 e. The first kappa shape index (κ1) is 62.3. The zero-order valence-electron chi connectivity index (χ0n) is 48.4. The maximum absolute atomic E-state index is 9.84. The lowest BCUT2D eigenvalue weighted by molar-refractivity contribution is 0.0850. The summed E-state index contributed by atoms with van der Waals surface area (Å²) in [5.41, 5.74) is 4.99. The molecule has 2 saturated heterocycles. The van der Waals surface area contributed by atoms with E-state index in [9.17, 15) is 15.6 Å². The lowest BCUT2D eigenvalue weighted by Crippen LogP contribution is -2.42. The van der Waals surface area contributed by atoms with Crippen molar-refractivity contribution in [3.05, 3.63) is 145 Å². The van der Waals surface area contributed by atoms with Crippen LogP contribution in [0.5, 0.6) is 57.5 Å². The number of rotatable bonds is 23. The van der Waals surface area contributed by atoms with Crippen molar-refractivity contribution < 1.29 is 48.1 Å². The lowest BCUT2D eigenvalue weighted by atomic mass is 10.0. The summed E-state index contributed by atoms with van der Waals surface area (Å²) >= 11 is 5.76. The van der Waals surface area contributed by atoms with Crippen LogP contribution in [0.15, 0.2) is 134 Å². The Hall–Kier alpha value is -8.75. The average molecular weight is 1170 g/mol. The number of anilines is 4. The molecule has 2 atom stereocenters. The van der Waals surface area contributed by atoms with Gasteiger partial charge in [0.15, 0.2) is 46.0 Å². The molecule has 2 unspecified atom stereocenters.